The monoisotopic (exact) mass is 168 g/mol. The molecule has 1 heterocycles. The van der Waals surface area contributed by atoms with Crippen LogP contribution in [-0.2, 0) is 13.5 Å². The van der Waals surface area contributed by atoms with Crippen molar-refractivity contribution in [2.24, 2.45) is 7.05 Å². The minimum absolute atomic E-state index is 0.594. The van der Waals surface area contributed by atoms with Crippen LogP contribution in [0, 0.1) is 0 Å². The molecule has 1 N–H and O–H groups in total. The standard InChI is InChI=1S/C9H16N2O/c1-4-9(2,12)5-8-6-10-11(3)7-8/h6-7,12H,4-5H2,1-3H3. The molecule has 3 heteroatoms. The Hall–Kier alpha value is -0.830. The zero-order valence-electron chi connectivity index (χ0n) is 7.91. The molecule has 0 radical (unpaired) electrons. The topological polar surface area (TPSA) is 38.1 Å². The number of nitrogens with zero attached hydrogens (tertiary/aromatic N) is 2. The lowest BCUT2D eigenvalue weighted by Gasteiger charge is -2.19. The van der Waals surface area contributed by atoms with Crippen LogP contribution in [0.15, 0.2) is 12.4 Å². The summed E-state index contributed by atoms with van der Waals surface area (Å²) in [6, 6.07) is 0. The molecule has 0 aliphatic rings. The average Bonchev–Trinajstić information content (AvgIpc) is 2.35. The highest BCUT2D eigenvalue weighted by Crippen LogP contribution is 2.15. The van der Waals surface area contributed by atoms with Crippen LogP contribution in [0.3, 0.4) is 0 Å². The molecular formula is C9H16N2O. The smallest absolute Gasteiger partial charge is 0.0658 e. The Morgan fingerprint density at radius 2 is 2.33 bits per heavy atom. The van der Waals surface area contributed by atoms with Crippen LogP contribution in [0.1, 0.15) is 25.8 Å². The Morgan fingerprint density at radius 3 is 2.75 bits per heavy atom. The quantitative estimate of drug-likeness (QED) is 0.734. The highest BCUT2D eigenvalue weighted by Gasteiger charge is 2.18. The van der Waals surface area contributed by atoms with E-state index in [9.17, 15) is 5.11 Å². The van der Waals surface area contributed by atoms with Gasteiger partial charge in [-0.15, -0.1) is 0 Å². The van der Waals surface area contributed by atoms with Crippen molar-refractivity contribution in [1.82, 2.24) is 9.78 Å². The number of aromatic nitrogens is 2. The van der Waals surface area contributed by atoms with Crippen LogP contribution in [0.2, 0.25) is 0 Å². The van der Waals surface area contributed by atoms with Gasteiger partial charge in [-0.1, -0.05) is 6.92 Å². The molecule has 0 aliphatic heterocycles. The summed E-state index contributed by atoms with van der Waals surface area (Å²) in [6.07, 6.45) is 5.17. The predicted octanol–water partition coefficient (Wildman–Crippen LogP) is 1.12. The SMILES string of the molecule is CCC(C)(O)Cc1cnn(C)c1. The molecule has 0 bridgehead atoms. The summed E-state index contributed by atoms with van der Waals surface area (Å²) in [5, 5.41) is 13.8. The van der Waals surface area contributed by atoms with Gasteiger partial charge in [-0.05, 0) is 18.9 Å². The van der Waals surface area contributed by atoms with E-state index in [1.165, 1.54) is 0 Å². The maximum atomic E-state index is 9.75. The van der Waals surface area contributed by atoms with E-state index in [-0.39, 0.29) is 0 Å². The number of hydrogen-bond acceptors (Lipinski definition) is 2. The van der Waals surface area contributed by atoms with Crippen LogP contribution in [0.4, 0.5) is 0 Å². The molecule has 1 aromatic heterocycles. The fourth-order valence-electron chi connectivity index (χ4n) is 1.13. The van der Waals surface area contributed by atoms with E-state index in [1.807, 2.05) is 27.1 Å². The number of aryl methyl sites for hydroxylation is 1. The molecule has 0 aliphatic carbocycles. The van der Waals surface area contributed by atoms with Gasteiger partial charge < -0.3 is 5.11 Å². The van der Waals surface area contributed by atoms with Crippen molar-refractivity contribution in [1.29, 1.82) is 0 Å². The third kappa shape index (κ3) is 2.34. The van der Waals surface area contributed by atoms with E-state index in [2.05, 4.69) is 5.10 Å². The fourth-order valence-corrected chi connectivity index (χ4v) is 1.13. The average molecular weight is 168 g/mol. The second-order valence-corrected chi connectivity index (χ2v) is 3.55. The third-order valence-electron chi connectivity index (χ3n) is 2.10. The molecule has 0 spiro atoms. The second-order valence-electron chi connectivity index (χ2n) is 3.55. The van der Waals surface area contributed by atoms with Gasteiger partial charge >= 0.3 is 0 Å². The summed E-state index contributed by atoms with van der Waals surface area (Å²) in [5.74, 6) is 0. The molecule has 0 saturated heterocycles. The zero-order valence-corrected chi connectivity index (χ0v) is 7.91. The van der Waals surface area contributed by atoms with E-state index in [1.54, 1.807) is 10.9 Å². The summed E-state index contributed by atoms with van der Waals surface area (Å²) < 4.78 is 1.75. The van der Waals surface area contributed by atoms with Crippen molar-refractivity contribution < 1.29 is 5.11 Å². The Morgan fingerprint density at radius 1 is 1.67 bits per heavy atom. The molecule has 12 heavy (non-hydrogen) atoms. The van der Waals surface area contributed by atoms with Crippen LogP contribution in [-0.4, -0.2) is 20.5 Å². The highest BCUT2D eigenvalue weighted by molar-refractivity contribution is 5.07. The molecule has 3 nitrogen and oxygen atoms in total. The lowest BCUT2D eigenvalue weighted by molar-refractivity contribution is 0.0564. The summed E-state index contributed by atoms with van der Waals surface area (Å²) in [5.41, 5.74) is 0.493. The Balaban J connectivity index is 2.63. The molecule has 1 unspecified atom stereocenters. The zero-order chi connectivity index (χ0) is 9.19. The van der Waals surface area contributed by atoms with Gasteiger partial charge in [0, 0.05) is 19.7 Å². The van der Waals surface area contributed by atoms with Crippen molar-refractivity contribution in [3.63, 3.8) is 0 Å². The van der Waals surface area contributed by atoms with Crippen molar-refractivity contribution in [3.05, 3.63) is 18.0 Å². The first-order valence-electron chi connectivity index (χ1n) is 4.23. The van der Waals surface area contributed by atoms with Crippen LogP contribution < -0.4 is 0 Å². The molecule has 1 atom stereocenters. The van der Waals surface area contributed by atoms with Crippen LogP contribution in [0.25, 0.3) is 0 Å². The highest BCUT2D eigenvalue weighted by atomic mass is 16.3. The minimum atomic E-state index is -0.594. The van der Waals surface area contributed by atoms with Gasteiger partial charge in [0.05, 0.1) is 11.8 Å². The Kier molecular flexibility index (Phi) is 2.52. The Bertz CT molecular complexity index is 253. The molecule has 1 aromatic rings. The normalized spacial score (nSPS) is 16.0. The first-order valence-corrected chi connectivity index (χ1v) is 4.23. The number of aliphatic hydroxyl groups is 1. The molecule has 68 valence electrons. The van der Waals surface area contributed by atoms with E-state index in [4.69, 9.17) is 0 Å². The molecule has 0 amide bonds. The van der Waals surface area contributed by atoms with E-state index < -0.39 is 5.60 Å². The first kappa shape index (κ1) is 9.26. The minimum Gasteiger partial charge on any atom is -0.390 e. The summed E-state index contributed by atoms with van der Waals surface area (Å²) in [6.45, 7) is 3.83. The van der Waals surface area contributed by atoms with Gasteiger partial charge in [0.25, 0.3) is 0 Å². The third-order valence-corrected chi connectivity index (χ3v) is 2.10. The first-order chi connectivity index (χ1) is 5.53. The molecule has 0 aromatic carbocycles. The summed E-state index contributed by atoms with van der Waals surface area (Å²) in [4.78, 5) is 0. The van der Waals surface area contributed by atoms with Gasteiger partial charge in [0.15, 0.2) is 0 Å². The molecule has 0 saturated carbocycles. The largest absolute Gasteiger partial charge is 0.390 e. The van der Waals surface area contributed by atoms with Crippen molar-refractivity contribution >= 4 is 0 Å². The maximum Gasteiger partial charge on any atom is 0.0658 e. The molecular weight excluding hydrogens is 152 g/mol. The lowest BCUT2D eigenvalue weighted by Crippen LogP contribution is -2.25. The van der Waals surface area contributed by atoms with Gasteiger partial charge in [0.2, 0.25) is 0 Å². The van der Waals surface area contributed by atoms with Crippen molar-refractivity contribution in [2.75, 3.05) is 0 Å². The number of rotatable bonds is 3. The van der Waals surface area contributed by atoms with Crippen molar-refractivity contribution in [2.45, 2.75) is 32.3 Å². The maximum absolute atomic E-state index is 9.75. The Labute approximate surface area is 73.0 Å². The molecule has 0 fully saturated rings. The van der Waals surface area contributed by atoms with Crippen LogP contribution >= 0.6 is 0 Å². The molecule has 1 rings (SSSR count). The lowest BCUT2D eigenvalue weighted by atomic mass is 9.96. The van der Waals surface area contributed by atoms with Gasteiger partial charge in [0.1, 0.15) is 0 Å². The van der Waals surface area contributed by atoms with Gasteiger partial charge in [-0.3, -0.25) is 4.68 Å². The fraction of sp³-hybridized carbons (Fsp3) is 0.667. The summed E-state index contributed by atoms with van der Waals surface area (Å²) >= 11 is 0. The number of hydrogen-bond donors (Lipinski definition) is 1. The van der Waals surface area contributed by atoms with E-state index >= 15 is 0 Å². The van der Waals surface area contributed by atoms with E-state index in [0.717, 1.165) is 12.0 Å². The predicted molar refractivity (Wildman–Crippen MR) is 47.8 cm³/mol. The van der Waals surface area contributed by atoms with Gasteiger partial charge in [-0.25, -0.2) is 0 Å². The van der Waals surface area contributed by atoms with Crippen molar-refractivity contribution in [3.8, 4) is 0 Å². The van der Waals surface area contributed by atoms with Gasteiger partial charge in [-0.2, -0.15) is 5.10 Å². The van der Waals surface area contributed by atoms with Crippen LogP contribution in [0.5, 0.6) is 0 Å². The summed E-state index contributed by atoms with van der Waals surface area (Å²) in [7, 11) is 1.88. The second kappa shape index (κ2) is 3.27. The van der Waals surface area contributed by atoms with E-state index in [0.29, 0.717) is 6.42 Å².